The molecule has 5 nitrogen and oxygen atoms in total. The molecule has 9 heteroatoms. The Morgan fingerprint density at radius 2 is 2.20 bits per heavy atom. The number of rotatable bonds is 2. The number of amides is 1. The topological polar surface area (TPSA) is 67.8 Å². The summed E-state index contributed by atoms with van der Waals surface area (Å²) in [5.41, 5.74) is -0.145. The second kappa shape index (κ2) is 6.01. The molecule has 1 fully saturated rings. The molecule has 112 valence electrons. The third kappa shape index (κ3) is 3.06. The molecule has 0 aliphatic carbocycles. The molecule has 0 saturated carbocycles. The number of ether oxygens (including phenoxy) is 2. The molecule has 1 aliphatic heterocycles. The minimum atomic E-state index is -3.34. The van der Waals surface area contributed by atoms with Gasteiger partial charge in [0.15, 0.2) is 18.1 Å². The van der Waals surface area contributed by atoms with Crippen molar-refractivity contribution in [1.82, 2.24) is 5.32 Å². The Morgan fingerprint density at radius 1 is 1.55 bits per heavy atom. The third-order valence-corrected chi connectivity index (χ3v) is 3.14. The second-order valence-corrected chi connectivity index (χ2v) is 4.88. The van der Waals surface area contributed by atoms with Gasteiger partial charge in [0.25, 0.3) is 0 Å². The molecule has 2 N–H and O–H groups in total. The Balaban J connectivity index is 0.00000200. The molecule has 1 atom stereocenters. The van der Waals surface area contributed by atoms with E-state index in [0.717, 1.165) is 0 Å². The van der Waals surface area contributed by atoms with Crippen LogP contribution in [0.3, 0.4) is 0 Å². The number of nitrogens with one attached hydrogen (secondary N) is 1. The average molecular weight is 375 g/mol. The molecule has 0 bridgehead atoms. The lowest BCUT2D eigenvalue weighted by molar-refractivity contribution is -0.104. The van der Waals surface area contributed by atoms with Crippen LogP contribution in [0, 0.1) is 0 Å². The molecule has 2 rings (SSSR count). The predicted molar refractivity (Wildman–Crippen MR) is 71.8 cm³/mol. The number of phenols is 1. The Kier molecular flexibility index (Phi) is 5.04. The number of phenolic OH excluding ortho intramolecular Hbond substituents is 1. The molecule has 1 saturated heterocycles. The second-order valence-electron chi connectivity index (χ2n) is 3.96. The maximum Gasteiger partial charge on any atom is 0.408 e. The number of alkyl carbamates (subject to hydrolysis) is 1. The number of benzene rings is 1. The summed E-state index contributed by atoms with van der Waals surface area (Å²) < 4.78 is 37.1. The van der Waals surface area contributed by atoms with Crippen molar-refractivity contribution < 1.29 is 28.2 Å². The minimum absolute atomic E-state index is 0. The van der Waals surface area contributed by atoms with Gasteiger partial charge in [-0.05, 0) is 12.1 Å². The fourth-order valence-electron chi connectivity index (χ4n) is 1.79. The van der Waals surface area contributed by atoms with Crippen LogP contribution in [0.1, 0.15) is 11.6 Å². The van der Waals surface area contributed by atoms with Crippen LogP contribution in [-0.4, -0.2) is 30.8 Å². The first kappa shape index (κ1) is 16.8. The highest BCUT2D eigenvalue weighted by Crippen LogP contribution is 2.43. The molecule has 0 unspecified atom stereocenters. The summed E-state index contributed by atoms with van der Waals surface area (Å²) >= 11 is 3.13. The van der Waals surface area contributed by atoms with E-state index >= 15 is 0 Å². The monoisotopic (exact) mass is 373 g/mol. The standard InChI is InChI=1S/C11H10BrF2NO4.ClH/c1-18-7-3-5(12)2-6(8(7)16)9-11(13,14)4-19-10(17)15-9;/h2-3,9,16H,4H2,1H3,(H,15,17);1H/t9-;/m1./s1. The van der Waals surface area contributed by atoms with E-state index in [1.807, 2.05) is 5.32 Å². The zero-order valence-corrected chi connectivity index (χ0v) is 12.6. The zero-order valence-electron chi connectivity index (χ0n) is 10.2. The van der Waals surface area contributed by atoms with E-state index < -0.39 is 30.4 Å². The fraction of sp³-hybridized carbons (Fsp3) is 0.364. The van der Waals surface area contributed by atoms with Crippen molar-refractivity contribution in [3.63, 3.8) is 0 Å². The zero-order chi connectivity index (χ0) is 14.2. The quantitative estimate of drug-likeness (QED) is 0.835. The molecule has 1 aromatic carbocycles. The van der Waals surface area contributed by atoms with Crippen LogP contribution in [0.2, 0.25) is 0 Å². The van der Waals surface area contributed by atoms with Crippen molar-refractivity contribution in [2.45, 2.75) is 12.0 Å². The lowest BCUT2D eigenvalue weighted by Gasteiger charge is -2.32. The van der Waals surface area contributed by atoms with Crippen LogP contribution >= 0.6 is 28.3 Å². The molecular formula is C11H11BrClF2NO4. The van der Waals surface area contributed by atoms with Gasteiger partial charge in [0, 0.05) is 10.0 Å². The summed E-state index contributed by atoms with van der Waals surface area (Å²) in [4.78, 5) is 11.1. The summed E-state index contributed by atoms with van der Waals surface area (Å²) in [6.45, 7) is -1.04. The van der Waals surface area contributed by atoms with Crippen LogP contribution < -0.4 is 10.1 Å². The van der Waals surface area contributed by atoms with Gasteiger partial charge in [-0.15, -0.1) is 12.4 Å². The van der Waals surface area contributed by atoms with Gasteiger partial charge in [-0.2, -0.15) is 0 Å². The van der Waals surface area contributed by atoms with Crippen molar-refractivity contribution in [3.05, 3.63) is 22.2 Å². The number of halogens is 4. The third-order valence-electron chi connectivity index (χ3n) is 2.68. The molecule has 0 radical (unpaired) electrons. The number of aromatic hydroxyl groups is 1. The summed E-state index contributed by atoms with van der Waals surface area (Å²) in [6, 6.07) is 1.04. The van der Waals surface area contributed by atoms with Gasteiger partial charge in [-0.1, -0.05) is 15.9 Å². The van der Waals surface area contributed by atoms with Gasteiger partial charge in [-0.3, -0.25) is 0 Å². The first-order chi connectivity index (χ1) is 8.85. The number of alkyl halides is 2. The maximum absolute atomic E-state index is 13.8. The van der Waals surface area contributed by atoms with E-state index in [1.165, 1.54) is 19.2 Å². The molecule has 1 aromatic rings. The number of hydrogen-bond acceptors (Lipinski definition) is 4. The summed E-state index contributed by atoms with van der Waals surface area (Å²) in [7, 11) is 1.30. The summed E-state index contributed by atoms with van der Waals surface area (Å²) in [5, 5.41) is 11.9. The highest BCUT2D eigenvalue weighted by Gasteiger charge is 2.48. The lowest BCUT2D eigenvalue weighted by Crippen LogP contribution is -2.49. The molecule has 1 aliphatic rings. The van der Waals surface area contributed by atoms with E-state index in [4.69, 9.17) is 4.74 Å². The Bertz CT molecular complexity index is 529. The predicted octanol–water partition coefficient (Wildman–Crippen LogP) is 3.00. The van der Waals surface area contributed by atoms with Crippen molar-refractivity contribution in [2.75, 3.05) is 13.7 Å². The van der Waals surface area contributed by atoms with Gasteiger partial charge in [0.05, 0.1) is 7.11 Å². The highest BCUT2D eigenvalue weighted by atomic mass is 79.9. The van der Waals surface area contributed by atoms with E-state index in [2.05, 4.69) is 20.7 Å². The van der Waals surface area contributed by atoms with Crippen molar-refractivity contribution in [1.29, 1.82) is 0 Å². The molecule has 0 spiro atoms. The SMILES string of the molecule is COc1cc(Br)cc([C@H]2NC(=O)OCC2(F)F)c1O.Cl. The van der Waals surface area contributed by atoms with E-state index in [9.17, 15) is 18.7 Å². The van der Waals surface area contributed by atoms with Gasteiger partial charge < -0.3 is 19.9 Å². The first-order valence-electron chi connectivity index (χ1n) is 5.22. The van der Waals surface area contributed by atoms with Crippen LogP contribution in [-0.2, 0) is 4.74 Å². The van der Waals surface area contributed by atoms with Crippen molar-refractivity contribution in [3.8, 4) is 11.5 Å². The largest absolute Gasteiger partial charge is 0.504 e. The van der Waals surface area contributed by atoms with E-state index in [1.54, 1.807) is 0 Å². The number of hydrogen-bond donors (Lipinski definition) is 2. The van der Waals surface area contributed by atoms with Crippen molar-refractivity contribution >= 4 is 34.4 Å². The Morgan fingerprint density at radius 3 is 2.80 bits per heavy atom. The van der Waals surface area contributed by atoms with Gasteiger partial charge in [0.2, 0.25) is 0 Å². The molecular weight excluding hydrogens is 363 g/mol. The van der Waals surface area contributed by atoms with Crippen LogP contribution in [0.5, 0.6) is 11.5 Å². The Hall–Kier alpha value is -1.28. The Labute approximate surface area is 127 Å². The number of carbonyl (C=O) groups is 1. The van der Waals surface area contributed by atoms with Crippen molar-refractivity contribution in [2.24, 2.45) is 0 Å². The van der Waals surface area contributed by atoms with Gasteiger partial charge >= 0.3 is 12.0 Å². The van der Waals surface area contributed by atoms with E-state index in [-0.39, 0.29) is 23.7 Å². The molecule has 20 heavy (non-hydrogen) atoms. The van der Waals surface area contributed by atoms with E-state index in [0.29, 0.717) is 4.47 Å². The molecule has 1 amide bonds. The number of methoxy groups -OCH3 is 1. The smallest absolute Gasteiger partial charge is 0.408 e. The lowest BCUT2D eigenvalue weighted by atomic mass is 9.98. The van der Waals surface area contributed by atoms with Crippen LogP contribution in [0.25, 0.3) is 0 Å². The fourth-order valence-corrected chi connectivity index (χ4v) is 2.24. The first-order valence-corrected chi connectivity index (χ1v) is 6.02. The number of carbonyl (C=O) groups excluding carboxylic acids is 1. The van der Waals surface area contributed by atoms with Crippen LogP contribution in [0.15, 0.2) is 16.6 Å². The number of cyclic esters (lactones) is 1. The summed E-state index contributed by atoms with van der Waals surface area (Å²) in [5.74, 6) is -3.75. The highest BCUT2D eigenvalue weighted by molar-refractivity contribution is 9.10. The normalized spacial score (nSPS) is 20.4. The van der Waals surface area contributed by atoms with Crippen LogP contribution in [0.4, 0.5) is 13.6 Å². The van der Waals surface area contributed by atoms with Gasteiger partial charge in [-0.25, -0.2) is 13.6 Å². The maximum atomic E-state index is 13.8. The summed E-state index contributed by atoms with van der Waals surface area (Å²) in [6.07, 6.45) is -0.964. The van der Waals surface area contributed by atoms with Gasteiger partial charge in [0.1, 0.15) is 6.04 Å². The molecule has 0 aromatic heterocycles. The molecule has 1 heterocycles. The minimum Gasteiger partial charge on any atom is -0.504 e. The average Bonchev–Trinajstić information content (AvgIpc) is 2.35.